The molecule has 1 aliphatic carbocycles. The summed E-state index contributed by atoms with van der Waals surface area (Å²) in [5.74, 6) is 0.707. The fourth-order valence-corrected chi connectivity index (χ4v) is 2.85. The van der Waals surface area contributed by atoms with Gasteiger partial charge in [-0.2, -0.15) is 5.10 Å². The Morgan fingerprint density at radius 2 is 2.05 bits per heavy atom. The molecule has 2 aromatic rings. The van der Waals surface area contributed by atoms with E-state index in [1.54, 1.807) is 0 Å². The summed E-state index contributed by atoms with van der Waals surface area (Å²) in [6.07, 6.45) is 6.96. The molecule has 3 rings (SSSR count). The number of benzene rings is 1. The maximum Gasteiger partial charge on any atom is 0.0693 e. The Morgan fingerprint density at radius 1 is 1.24 bits per heavy atom. The molecule has 0 saturated heterocycles. The number of para-hydroxylation sites is 1. The number of hydrogen-bond acceptors (Lipinski definition) is 2. The first-order valence-corrected chi connectivity index (χ1v) is 8.21. The van der Waals surface area contributed by atoms with Crippen LogP contribution < -0.4 is 5.32 Å². The molecular formula is C18H25N3. The maximum atomic E-state index is 4.79. The summed E-state index contributed by atoms with van der Waals surface area (Å²) in [5, 5.41) is 8.44. The van der Waals surface area contributed by atoms with E-state index in [0.29, 0.717) is 12.0 Å². The van der Waals surface area contributed by atoms with Gasteiger partial charge in [-0.1, -0.05) is 32.0 Å². The van der Waals surface area contributed by atoms with Crippen LogP contribution in [0.5, 0.6) is 0 Å². The highest BCUT2D eigenvalue weighted by atomic mass is 15.3. The number of hydrogen-bond donors (Lipinski definition) is 1. The minimum absolute atomic E-state index is 0.398. The number of rotatable bonds is 7. The Labute approximate surface area is 127 Å². The van der Waals surface area contributed by atoms with Crippen molar-refractivity contribution in [2.24, 2.45) is 0 Å². The summed E-state index contributed by atoms with van der Waals surface area (Å²) < 4.78 is 2.05. The Kier molecular flexibility index (Phi) is 4.39. The highest BCUT2D eigenvalue weighted by Crippen LogP contribution is 2.39. The van der Waals surface area contributed by atoms with Crippen LogP contribution in [0.3, 0.4) is 0 Å². The highest BCUT2D eigenvalue weighted by Gasteiger charge is 2.26. The van der Waals surface area contributed by atoms with Gasteiger partial charge >= 0.3 is 0 Å². The molecule has 3 nitrogen and oxygen atoms in total. The molecule has 1 fully saturated rings. The van der Waals surface area contributed by atoms with Gasteiger partial charge in [0.2, 0.25) is 0 Å². The topological polar surface area (TPSA) is 29.9 Å². The molecule has 1 heterocycles. The molecule has 1 N–H and O–H groups in total. The van der Waals surface area contributed by atoms with Crippen LogP contribution in [0, 0.1) is 0 Å². The molecule has 0 aliphatic heterocycles. The first-order valence-electron chi connectivity index (χ1n) is 8.21. The zero-order chi connectivity index (χ0) is 14.7. The Balaban J connectivity index is 1.89. The summed E-state index contributed by atoms with van der Waals surface area (Å²) in [6, 6.07) is 11.2. The van der Waals surface area contributed by atoms with Crippen molar-refractivity contribution < 1.29 is 0 Å². The molecule has 1 saturated carbocycles. The van der Waals surface area contributed by atoms with Crippen molar-refractivity contribution in [1.29, 1.82) is 0 Å². The van der Waals surface area contributed by atoms with Gasteiger partial charge in [-0.15, -0.1) is 0 Å². The van der Waals surface area contributed by atoms with E-state index in [1.807, 2.05) is 0 Å². The van der Waals surface area contributed by atoms with E-state index in [2.05, 4.69) is 60.4 Å². The summed E-state index contributed by atoms with van der Waals surface area (Å²) in [5.41, 5.74) is 3.80. The van der Waals surface area contributed by atoms with Gasteiger partial charge in [0, 0.05) is 18.2 Å². The molecule has 1 aromatic heterocycles. The van der Waals surface area contributed by atoms with E-state index >= 15 is 0 Å². The Morgan fingerprint density at radius 3 is 2.76 bits per heavy atom. The van der Waals surface area contributed by atoms with Crippen LogP contribution in [0.15, 0.2) is 36.5 Å². The quantitative estimate of drug-likeness (QED) is 0.825. The van der Waals surface area contributed by atoms with E-state index in [0.717, 1.165) is 19.4 Å². The molecule has 1 unspecified atom stereocenters. The third kappa shape index (κ3) is 3.18. The number of aromatic nitrogens is 2. The fourth-order valence-electron chi connectivity index (χ4n) is 2.85. The molecule has 1 aliphatic rings. The Hall–Kier alpha value is -1.61. The van der Waals surface area contributed by atoms with E-state index in [1.165, 1.54) is 29.8 Å². The lowest BCUT2D eigenvalue weighted by atomic mass is 10.0. The van der Waals surface area contributed by atoms with Gasteiger partial charge in [0.15, 0.2) is 0 Å². The van der Waals surface area contributed by atoms with Crippen molar-refractivity contribution >= 4 is 0 Å². The maximum absolute atomic E-state index is 4.79. The fraction of sp³-hybridized carbons (Fsp3) is 0.500. The van der Waals surface area contributed by atoms with Gasteiger partial charge in [0.05, 0.1) is 11.4 Å². The van der Waals surface area contributed by atoms with Gasteiger partial charge < -0.3 is 5.32 Å². The second-order valence-electron chi connectivity index (χ2n) is 5.93. The molecule has 112 valence electrons. The van der Waals surface area contributed by atoms with Crippen molar-refractivity contribution in [1.82, 2.24) is 15.1 Å². The third-order valence-electron chi connectivity index (χ3n) is 4.21. The first-order chi connectivity index (χ1) is 10.3. The standard InChI is InChI=1S/C18H25N3/c1-3-12-19-16(4-2)15-7-5-6-8-18(15)21-13-11-17(20-21)14-9-10-14/h5-8,11,13-14,16,19H,3-4,9-10,12H2,1-2H3. The first kappa shape index (κ1) is 14.3. The van der Waals surface area contributed by atoms with E-state index in [9.17, 15) is 0 Å². The Bertz CT molecular complexity index is 584. The lowest BCUT2D eigenvalue weighted by molar-refractivity contribution is 0.515. The molecule has 3 heteroatoms. The molecule has 21 heavy (non-hydrogen) atoms. The SMILES string of the molecule is CCCNC(CC)c1ccccc1-n1ccc(C2CC2)n1. The van der Waals surface area contributed by atoms with Crippen LogP contribution in [0.1, 0.15) is 62.7 Å². The third-order valence-corrected chi connectivity index (χ3v) is 4.21. The van der Waals surface area contributed by atoms with Crippen molar-refractivity contribution in [3.05, 3.63) is 47.8 Å². The lowest BCUT2D eigenvalue weighted by Crippen LogP contribution is -2.22. The summed E-state index contributed by atoms with van der Waals surface area (Å²) in [6.45, 7) is 5.50. The predicted molar refractivity (Wildman–Crippen MR) is 86.9 cm³/mol. The van der Waals surface area contributed by atoms with Gasteiger partial charge in [0.1, 0.15) is 0 Å². The second kappa shape index (κ2) is 6.44. The largest absolute Gasteiger partial charge is 0.310 e. The monoisotopic (exact) mass is 283 g/mol. The van der Waals surface area contributed by atoms with Crippen molar-refractivity contribution in [3.63, 3.8) is 0 Å². The molecule has 0 amide bonds. The van der Waals surface area contributed by atoms with Crippen LogP contribution >= 0.6 is 0 Å². The van der Waals surface area contributed by atoms with Crippen LogP contribution in [0.2, 0.25) is 0 Å². The normalized spacial score (nSPS) is 16.1. The summed E-state index contributed by atoms with van der Waals surface area (Å²) in [4.78, 5) is 0. The molecule has 1 aromatic carbocycles. The lowest BCUT2D eigenvalue weighted by Gasteiger charge is -2.20. The molecule has 0 bridgehead atoms. The van der Waals surface area contributed by atoms with Crippen molar-refractivity contribution in [2.45, 2.75) is 51.5 Å². The minimum atomic E-state index is 0.398. The van der Waals surface area contributed by atoms with Crippen molar-refractivity contribution in [2.75, 3.05) is 6.54 Å². The smallest absolute Gasteiger partial charge is 0.0693 e. The predicted octanol–water partition coefficient (Wildman–Crippen LogP) is 4.20. The van der Waals surface area contributed by atoms with Crippen LogP contribution in [-0.4, -0.2) is 16.3 Å². The zero-order valence-electron chi connectivity index (χ0n) is 13.0. The average molecular weight is 283 g/mol. The average Bonchev–Trinajstić information content (AvgIpc) is 3.26. The number of nitrogens with one attached hydrogen (secondary N) is 1. The van der Waals surface area contributed by atoms with Crippen LogP contribution in [-0.2, 0) is 0 Å². The molecule has 0 radical (unpaired) electrons. The highest BCUT2D eigenvalue weighted by molar-refractivity contribution is 5.42. The number of nitrogens with zero attached hydrogens (tertiary/aromatic N) is 2. The van der Waals surface area contributed by atoms with Gasteiger partial charge in [0.25, 0.3) is 0 Å². The molecular weight excluding hydrogens is 258 g/mol. The van der Waals surface area contributed by atoms with Gasteiger partial charge in [-0.3, -0.25) is 0 Å². The van der Waals surface area contributed by atoms with E-state index in [-0.39, 0.29) is 0 Å². The van der Waals surface area contributed by atoms with Crippen LogP contribution in [0.4, 0.5) is 0 Å². The van der Waals surface area contributed by atoms with Crippen molar-refractivity contribution in [3.8, 4) is 5.69 Å². The van der Waals surface area contributed by atoms with Gasteiger partial charge in [-0.25, -0.2) is 4.68 Å². The van der Waals surface area contributed by atoms with E-state index in [4.69, 9.17) is 5.10 Å². The van der Waals surface area contributed by atoms with E-state index < -0.39 is 0 Å². The zero-order valence-corrected chi connectivity index (χ0v) is 13.0. The molecule has 0 spiro atoms. The summed E-state index contributed by atoms with van der Waals surface area (Å²) >= 11 is 0. The summed E-state index contributed by atoms with van der Waals surface area (Å²) in [7, 11) is 0. The van der Waals surface area contributed by atoms with Crippen LogP contribution in [0.25, 0.3) is 5.69 Å². The second-order valence-corrected chi connectivity index (χ2v) is 5.93. The molecule has 1 atom stereocenters. The van der Waals surface area contributed by atoms with Gasteiger partial charge in [-0.05, 0) is 49.9 Å². The minimum Gasteiger partial charge on any atom is -0.310 e.